The summed E-state index contributed by atoms with van der Waals surface area (Å²) in [5, 5.41) is 7.68. The highest BCUT2D eigenvalue weighted by atomic mass is 79.9. The number of methoxy groups -OCH3 is 1. The standard InChI is InChI=1S/C11H10BrFN2O/c1-3-10(16-2)15-11(14)7-4-5-9(13)8(12)6-7/h3-6,14H,1H2,2H3. The van der Waals surface area contributed by atoms with Crippen molar-refractivity contribution in [2.24, 2.45) is 4.99 Å². The Morgan fingerprint density at radius 2 is 2.31 bits per heavy atom. The number of nitrogens with zero attached hydrogens (tertiary/aromatic N) is 1. The van der Waals surface area contributed by atoms with Crippen molar-refractivity contribution >= 4 is 27.7 Å². The molecule has 1 aromatic rings. The molecule has 0 saturated carbocycles. The van der Waals surface area contributed by atoms with Crippen LogP contribution in [0.4, 0.5) is 4.39 Å². The van der Waals surface area contributed by atoms with Gasteiger partial charge < -0.3 is 4.74 Å². The molecule has 0 fully saturated rings. The molecular formula is C11H10BrFN2O. The quantitative estimate of drug-likeness (QED) is 0.658. The zero-order chi connectivity index (χ0) is 12.1. The monoisotopic (exact) mass is 284 g/mol. The number of ether oxygens (including phenoxy) is 1. The van der Waals surface area contributed by atoms with Crippen LogP contribution in [0.1, 0.15) is 5.56 Å². The van der Waals surface area contributed by atoms with Gasteiger partial charge in [-0.1, -0.05) is 6.58 Å². The number of hydrogen-bond acceptors (Lipinski definition) is 2. The van der Waals surface area contributed by atoms with E-state index in [2.05, 4.69) is 27.5 Å². The van der Waals surface area contributed by atoms with Crippen LogP contribution >= 0.6 is 15.9 Å². The molecule has 0 unspecified atom stereocenters. The van der Waals surface area contributed by atoms with Crippen molar-refractivity contribution in [2.45, 2.75) is 0 Å². The van der Waals surface area contributed by atoms with Gasteiger partial charge in [-0.3, -0.25) is 5.41 Å². The fourth-order valence-corrected chi connectivity index (χ4v) is 1.37. The summed E-state index contributed by atoms with van der Waals surface area (Å²) in [4.78, 5) is 3.87. The van der Waals surface area contributed by atoms with Crippen LogP contribution in [0.25, 0.3) is 0 Å². The van der Waals surface area contributed by atoms with Crippen LogP contribution in [0.15, 0.2) is 40.3 Å². The first-order chi connectivity index (χ1) is 7.58. The maximum Gasteiger partial charge on any atom is 0.214 e. The fraction of sp³-hybridized carbons (Fsp3) is 0.0909. The summed E-state index contributed by atoms with van der Waals surface area (Å²) < 4.78 is 18.1. The van der Waals surface area contributed by atoms with Gasteiger partial charge in [0.25, 0.3) is 0 Å². The average Bonchev–Trinajstić information content (AvgIpc) is 2.29. The highest BCUT2D eigenvalue weighted by Gasteiger charge is 2.05. The number of amidine groups is 1. The molecule has 5 heteroatoms. The summed E-state index contributed by atoms with van der Waals surface area (Å²) in [7, 11) is 1.44. The van der Waals surface area contributed by atoms with Crippen molar-refractivity contribution in [3.8, 4) is 0 Å². The lowest BCUT2D eigenvalue weighted by molar-refractivity contribution is 0.408. The van der Waals surface area contributed by atoms with Crippen molar-refractivity contribution in [2.75, 3.05) is 7.11 Å². The minimum Gasteiger partial charge on any atom is -0.481 e. The van der Waals surface area contributed by atoms with E-state index in [1.807, 2.05) is 0 Å². The number of nitrogens with one attached hydrogen (secondary N) is 1. The molecular weight excluding hydrogens is 275 g/mol. The van der Waals surface area contributed by atoms with Gasteiger partial charge in [0.15, 0.2) is 5.84 Å². The van der Waals surface area contributed by atoms with Crippen molar-refractivity contribution in [1.82, 2.24) is 0 Å². The van der Waals surface area contributed by atoms with E-state index in [1.54, 1.807) is 0 Å². The second kappa shape index (κ2) is 5.55. The van der Waals surface area contributed by atoms with Gasteiger partial charge in [0.2, 0.25) is 5.90 Å². The third-order valence-electron chi connectivity index (χ3n) is 1.80. The van der Waals surface area contributed by atoms with E-state index >= 15 is 0 Å². The molecule has 0 spiro atoms. The Bertz CT molecular complexity index is 457. The van der Waals surface area contributed by atoms with Crippen LogP contribution in [-0.4, -0.2) is 18.8 Å². The van der Waals surface area contributed by atoms with Gasteiger partial charge in [0, 0.05) is 5.56 Å². The molecule has 0 bridgehead atoms. The molecule has 0 radical (unpaired) electrons. The first-order valence-corrected chi connectivity index (χ1v) is 5.17. The number of halogens is 2. The van der Waals surface area contributed by atoms with E-state index in [4.69, 9.17) is 10.1 Å². The zero-order valence-corrected chi connectivity index (χ0v) is 10.2. The Morgan fingerprint density at radius 1 is 1.62 bits per heavy atom. The molecule has 0 saturated heterocycles. The molecule has 0 aliphatic rings. The molecule has 0 heterocycles. The fourth-order valence-electron chi connectivity index (χ4n) is 0.993. The van der Waals surface area contributed by atoms with Crippen molar-refractivity contribution < 1.29 is 9.13 Å². The van der Waals surface area contributed by atoms with Crippen LogP contribution in [0.5, 0.6) is 0 Å². The Balaban J connectivity index is 3.01. The molecule has 1 rings (SSSR count). The predicted molar refractivity (Wildman–Crippen MR) is 65.6 cm³/mol. The number of hydrogen-bond donors (Lipinski definition) is 1. The largest absolute Gasteiger partial charge is 0.481 e. The summed E-state index contributed by atoms with van der Waals surface area (Å²) in [5.74, 6) is -0.154. The molecule has 0 atom stereocenters. The molecule has 0 aliphatic carbocycles. The third kappa shape index (κ3) is 3.00. The summed E-state index contributed by atoms with van der Waals surface area (Å²) >= 11 is 3.04. The van der Waals surface area contributed by atoms with Crippen molar-refractivity contribution in [3.05, 3.63) is 46.7 Å². The molecule has 0 aliphatic heterocycles. The maximum atomic E-state index is 13.0. The third-order valence-corrected chi connectivity index (χ3v) is 2.41. The van der Waals surface area contributed by atoms with Gasteiger partial charge >= 0.3 is 0 Å². The van der Waals surface area contributed by atoms with Crippen LogP contribution in [0, 0.1) is 11.2 Å². The number of rotatable bonds is 2. The Hall–Kier alpha value is -1.49. The van der Waals surface area contributed by atoms with Crippen LogP contribution in [0.2, 0.25) is 0 Å². The maximum absolute atomic E-state index is 13.0. The van der Waals surface area contributed by atoms with Gasteiger partial charge in [0.05, 0.1) is 11.6 Å². The lowest BCUT2D eigenvalue weighted by Crippen LogP contribution is -2.03. The number of aliphatic imine (C=N–C) groups is 1. The minimum absolute atomic E-state index is 0.0162. The average molecular weight is 285 g/mol. The van der Waals surface area contributed by atoms with E-state index in [-0.39, 0.29) is 17.6 Å². The highest BCUT2D eigenvalue weighted by molar-refractivity contribution is 9.10. The SMILES string of the molecule is C=CC(=NC(=N)c1ccc(F)c(Br)c1)OC. The lowest BCUT2D eigenvalue weighted by atomic mass is 10.2. The summed E-state index contributed by atoms with van der Waals surface area (Å²) in [6.45, 7) is 3.49. The normalized spacial score (nSPS) is 11.1. The van der Waals surface area contributed by atoms with Crippen LogP contribution < -0.4 is 0 Å². The van der Waals surface area contributed by atoms with Crippen LogP contribution in [-0.2, 0) is 4.74 Å². The van der Waals surface area contributed by atoms with E-state index in [0.29, 0.717) is 10.0 Å². The summed E-state index contributed by atoms with van der Waals surface area (Å²) in [6, 6.07) is 4.23. The van der Waals surface area contributed by atoms with Gasteiger partial charge in [-0.25, -0.2) is 4.39 Å². The Morgan fingerprint density at radius 3 is 2.81 bits per heavy atom. The second-order valence-corrected chi connectivity index (χ2v) is 3.69. The molecule has 1 N–H and O–H groups in total. The van der Waals surface area contributed by atoms with Crippen molar-refractivity contribution in [1.29, 1.82) is 5.41 Å². The van der Waals surface area contributed by atoms with E-state index in [0.717, 1.165) is 0 Å². The Labute approximate surface area is 101 Å². The van der Waals surface area contributed by atoms with Gasteiger partial charge in [0.1, 0.15) is 5.82 Å². The first-order valence-electron chi connectivity index (χ1n) is 4.37. The molecule has 16 heavy (non-hydrogen) atoms. The highest BCUT2D eigenvalue weighted by Crippen LogP contribution is 2.17. The molecule has 0 aromatic heterocycles. The summed E-state index contributed by atoms with van der Waals surface area (Å²) in [5.41, 5.74) is 0.490. The summed E-state index contributed by atoms with van der Waals surface area (Å²) in [6.07, 6.45) is 1.40. The van der Waals surface area contributed by atoms with Gasteiger partial charge in [-0.05, 0) is 40.2 Å². The lowest BCUT2D eigenvalue weighted by Gasteiger charge is -2.02. The van der Waals surface area contributed by atoms with E-state index in [1.165, 1.54) is 31.4 Å². The van der Waals surface area contributed by atoms with E-state index < -0.39 is 0 Å². The molecule has 3 nitrogen and oxygen atoms in total. The number of benzene rings is 1. The Kier molecular flexibility index (Phi) is 4.37. The smallest absolute Gasteiger partial charge is 0.214 e. The minimum atomic E-state index is -0.379. The zero-order valence-electron chi connectivity index (χ0n) is 8.63. The topological polar surface area (TPSA) is 45.4 Å². The predicted octanol–water partition coefficient (Wildman–Crippen LogP) is 3.14. The van der Waals surface area contributed by atoms with Gasteiger partial charge in [-0.15, -0.1) is 0 Å². The van der Waals surface area contributed by atoms with Gasteiger partial charge in [-0.2, -0.15) is 4.99 Å². The first kappa shape index (κ1) is 12.6. The molecule has 0 amide bonds. The second-order valence-electron chi connectivity index (χ2n) is 2.84. The van der Waals surface area contributed by atoms with E-state index in [9.17, 15) is 4.39 Å². The molecule has 84 valence electrons. The van der Waals surface area contributed by atoms with Crippen LogP contribution in [0.3, 0.4) is 0 Å². The molecule has 1 aromatic carbocycles. The van der Waals surface area contributed by atoms with Crippen molar-refractivity contribution in [3.63, 3.8) is 0 Å².